The largest absolute Gasteiger partial charge is 0.321 e. The van der Waals surface area contributed by atoms with Crippen LogP contribution < -0.4 is 5.73 Å². The summed E-state index contributed by atoms with van der Waals surface area (Å²) in [6, 6.07) is 6.25. The average Bonchev–Trinajstić information content (AvgIpc) is 2.15. The van der Waals surface area contributed by atoms with Crippen molar-refractivity contribution < 1.29 is 8.42 Å². The van der Waals surface area contributed by atoms with E-state index in [1.165, 1.54) is 6.26 Å². The van der Waals surface area contributed by atoms with Crippen LogP contribution in [0, 0.1) is 0 Å². The zero-order valence-corrected chi connectivity index (χ0v) is 8.79. The first-order valence-electron chi connectivity index (χ1n) is 4.13. The van der Waals surface area contributed by atoms with Crippen molar-refractivity contribution in [2.45, 2.75) is 10.9 Å². The Bertz CT molecular complexity index is 420. The Hall–Kier alpha value is -1.13. The molecule has 1 atom stereocenters. The van der Waals surface area contributed by atoms with Crippen LogP contribution in [0.5, 0.6) is 0 Å². The van der Waals surface area contributed by atoms with Crippen molar-refractivity contribution in [3.8, 4) is 0 Å². The highest BCUT2D eigenvalue weighted by Gasteiger charge is 2.07. The van der Waals surface area contributed by atoms with Crippen molar-refractivity contribution in [3.63, 3.8) is 0 Å². The molecule has 1 aromatic rings. The first kappa shape index (κ1) is 10.9. The van der Waals surface area contributed by atoms with Gasteiger partial charge >= 0.3 is 0 Å². The quantitative estimate of drug-likeness (QED) is 0.766. The summed E-state index contributed by atoms with van der Waals surface area (Å²) in [5.74, 6) is 0. The number of benzene rings is 1. The number of rotatable bonds is 3. The summed E-state index contributed by atoms with van der Waals surface area (Å²) in [4.78, 5) is 0.303. The second kappa shape index (κ2) is 3.94. The predicted octanol–water partition coefficient (Wildman–Crippen LogP) is 1.28. The van der Waals surface area contributed by atoms with E-state index in [1.54, 1.807) is 30.3 Å². The van der Waals surface area contributed by atoms with Gasteiger partial charge in [-0.3, -0.25) is 0 Å². The normalized spacial score (nSPS) is 13.6. The van der Waals surface area contributed by atoms with E-state index >= 15 is 0 Å². The van der Waals surface area contributed by atoms with E-state index in [2.05, 4.69) is 6.58 Å². The van der Waals surface area contributed by atoms with Gasteiger partial charge in [0.15, 0.2) is 9.84 Å². The van der Waals surface area contributed by atoms with Crippen LogP contribution in [0.4, 0.5) is 0 Å². The van der Waals surface area contributed by atoms with Crippen LogP contribution >= 0.6 is 0 Å². The van der Waals surface area contributed by atoms with E-state index in [9.17, 15) is 8.42 Å². The lowest BCUT2D eigenvalue weighted by Gasteiger charge is -2.06. The highest BCUT2D eigenvalue weighted by Crippen LogP contribution is 2.15. The lowest BCUT2D eigenvalue weighted by molar-refractivity contribution is 0.602. The van der Waals surface area contributed by atoms with Crippen LogP contribution in [-0.4, -0.2) is 14.7 Å². The fourth-order valence-corrected chi connectivity index (χ4v) is 1.70. The zero-order valence-electron chi connectivity index (χ0n) is 7.97. The van der Waals surface area contributed by atoms with Gasteiger partial charge in [0, 0.05) is 12.3 Å². The Labute approximate surface area is 84.2 Å². The Kier molecular flexibility index (Phi) is 3.08. The molecule has 0 saturated heterocycles. The lowest BCUT2D eigenvalue weighted by atomic mass is 10.1. The van der Waals surface area contributed by atoms with E-state index in [4.69, 9.17) is 5.73 Å². The standard InChI is InChI=1S/C10H13NO2S/c1-3-10(11)8-4-6-9(7-5-8)14(2,12)13/h3-7,10H,1,11H2,2H3/t10-/m1/s1. The molecule has 1 rings (SSSR count). The fourth-order valence-electron chi connectivity index (χ4n) is 1.07. The van der Waals surface area contributed by atoms with Gasteiger partial charge in [-0.2, -0.15) is 0 Å². The third kappa shape index (κ3) is 2.43. The molecule has 0 heterocycles. The van der Waals surface area contributed by atoms with Crippen molar-refractivity contribution >= 4 is 9.84 Å². The van der Waals surface area contributed by atoms with E-state index in [0.29, 0.717) is 4.90 Å². The van der Waals surface area contributed by atoms with Gasteiger partial charge in [0.05, 0.1) is 4.90 Å². The summed E-state index contributed by atoms with van der Waals surface area (Å²) in [5.41, 5.74) is 6.54. The Balaban J connectivity index is 3.07. The molecule has 14 heavy (non-hydrogen) atoms. The predicted molar refractivity (Wildman–Crippen MR) is 56.7 cm³/mol. The molecule has 0 aliphatic carbocycles. The molecule has 1 aromatic carbocycles. The maximum atomic E-state index is 11.1. The highest BCUT2D eigenvalue weighted by atomic mass is 32.2. The molecule has 0 aliphatic rings. The van der Waals surface area contributed by atoms with Crippen molar-refractivity contribution in [3.05, 3.63) is 42.5 Å². The number of hydrogen-bond donors (Lipinski definition) is 1. The van der Waals surface area contributed by atoms with Gasteiger partial charge in [-0.05, 0) is 17.7 Å². The van der Waals surface area contributed by atoms with Crippen molar-refractivity contribution in [2.75, 3.05) is 6.26 Å². The number of hydrogen-bond acceptors (Lipinski definition) is 3. The van der Waals surface area contributed by atoms with E-state index in [0.717, 1.165) is 5.56 Å². The molecule has 0 spiro atoms. The van der Waals surface area contributed by atoms with Crippen molar-refractivity contribution in [1.29, 1.82) is 0 Å². The minimum atomic E-state index is -3.12. The average molecular weight is 211 g/mol. The SMILES string of the molecule is C=C[C@@H](N)c1ccc(S(C)(=O)=O)cc1. The highest BCUT2D eigenvalue weighted by molar-refractivity contribution is 7.90. The van der Waals surface area contributed by atoms with Crippen LogP contribution in [0.25, 0.3) is 0 Å². The summed E-state index contributed by atoms with van der Waals surface area (Å²) in [6.45, 7) is 3.56. The van der Waals surface area contributed by atoms with E-state index in [-0.39, 0.29) is 6.04 Å². The van der Waals surface area contributed by atoms with E-state index in [1.807, 2.05) is 0 Å². The number of sulfone groups is 1. The number of nitrogens with two attached hydrogens (primary N) is 1. The molecule has 0 aromatic heterocycles. The lowest BCUT2D eigenvalue weighted by Crippen LogP contribution is -2.06. The topological polar surface area (TPSA) is 60.2 Å². The summed E-state index contributed by atoms with van der Waals surface area (Å²) in [7, 11) is -3.12. The molecule has 2 N–H and O–H groups in total. The second-order valence-electron chi connectivity index (χ2n) is 3.10. The summed E-state index contributed by atoms with van der Waals surface area (Å²) < 4.78 is 22.3. The molecule has 0 bridgehead atoms. The molecule has 0 aliphatic heterocycles. The Morgan fingerprint density at radius 1 is 1.36 bits per heavy atom. The smallest absolute Gasteiger partial charge is 0.175 e. The first-order chi connectivity index (χ1) is 6.45. The zero-order chi connectivity index (χ0) is 10.8. The van der Waals surface area contributed by atoms with Gasteiger partial charge < -0.3 is 5.73 Å². The first-order valence-corrected chi connectivity index (χ1v) is 6.02. The minimum Gasteiger partial charge on any atom is -0.321 e. The van der Waals surface area contributed by atoms with Crippen LogP contribution in [0.15, 0.2) is 41.8 Å². The van der Waals surface area contributed by atoms with Gasteiger partial charge in [-0.1, -0.05) is 18.2 Å². The van der Waals surface area contributed by atoms with Crippen LogP contribution in [0.2, 0.25) is 0 Å². The minimum absolute atomic E-state index is 0.247. The molecule has 0 amide bonds. The van der Waals surface area contributed by atoms with Gasteiger partial charge in [-0.15, -0.1) is 6.58 Å². The molecule has 4 heteroatoms. The van der Waals surface area contributed by atoms with E-state index < -0.39 is 9.84 Å². The molecule has 0 fully saturated rings. The molecular weight excluding hydrogens is 198 g/mol. The van der Waals surface area contributed by atoms with Gasteiger partial charge in [0.1, 0.15) is 0 Å². The third-order valence-electron chi connectivity index (χ3n) is 1.95. The van der Waals surface area contributed by atoms with Crippen LogP contribution in [0.3, 0.4) is 0 Å². The summed E-state index contributed by atoms with van der Waals surface area (Å²) >= 11 is 0. The second-order valence-corrected chi connectivity index (χ2v) is 5.12. The van der Waals surface area contributed by atoms with Crippen LogP contribution in [0.1, 0.15) is 11.6 Å². The fraction of sp³-hybridized carbons (Fsp3) is 0.200. The Morgan fingerprint density at radius 3 is 2.21 bits per heavy atom. The maximum Gasteiger partial charge on any atom is 0.175 e. The summed E-state index contributed by atoms with van der Waals surface area (Å²) in [5, 5.41) is 0. The Morgan fingerprint density at radius 2 is 1.86 bits per heavy atom. The third-order valence-corrected chi connectivity index (χ3v) is 3.08. The van der Waals surface area contributed by atoms with Crippen molar-refractivity contribution in [2.24, 2.45) is 5.73 Å². The molecule has 76 valence electrons. The van der Waals surface area contributed by atoms with Gasteiger partial charge in [0.25, 0.3) is 0 Å². The molecule has 0 radical (unpaired) electrons. The molecule has 0 unspecified atom stereocenters. The summed E-state index contributed by atoms with van der Waals surface area (Å²) in [6.07, 6.45) is 2.78. The molecule has 3 nitrogen and oxygen atoms in total. The maximum absolute atomic E-state index is 11.1. The van der Waals surface area contributed by atoms with Gasteiger partial charge in [-0.25, -0.2) is 8.42 Å². The molecule has 0 saturated carbocycles. The van der Waals surface area contributed by atoms with Crippen molar-refractivity contribution in [1.82, 2.24) is 0 Å². The molecular formula is C10H13NO2S. The van der Waals surface area contributed by atoms with Crippen LogP contribution in [-0.2, 0) is 9.84 Å². The monoisotopic (exact) mass is 211 g/mol. The van der Waals surface area contributed by atoms with Gasteiger partial charge in [0.2, 0.25) is 0 Å².